The fraction of sp³-hybridized carbons (Fsp3) is 0.467. The van der Waals surface area contributed by atoms with E-state index in [9.17, 15) is 9.59 Å². The van der Waals surface area contributed by atoms with E-state index in [-0.39, 0.29) is 11.8 Å². The predicted molar refractivity (Wildman–Crippen MR) is 87.2 cm³/mol. The van der Waals surface area contributed by atoms with Crippen molar-refractivity contribution >= 4 is 29.2 Å². The summed E-state index contributed by atoms with van der Waals surface area (Å²) in [7, 11) is 0. The Balaban J connectivity index is 1.37. The Kier molecular flexibility index (Phi) is 5.12. The molecule has 1 fully saturated rings. The van der Waals surface area contributed by atoms with Gasteiger partial charge in [-0.15, -0.1) is 10.2 Å². The van der Waals surface area contributed by atoms with Gasteiger partial charge in [0.25, 0.3) is 0 Å². The van der Waals surface area contributed by atoms with Crippen LogP contribution < -0.4 is 5.32 Å². The molecule has 0 saturated carbocycles. The molecule has 122 valence electrons. The molecule has 2 amide bonds. The molecule has 0 spiro atoms. The third kappa shape index (κ3) is 4.01. The summed E-state index contributed by atoms with van der Waals surface area (Å²) in [4.78, 5) is 25.2. The van der Waals surface area contributed by atoms with Gasteiger partial charge in [0.2, 0.25) is 11.8 Å². The van der Waals surface area contributed by atoms with E-state index in [1.165, 1.54) is 11.8 Å². The zero-order valence-corrected chi connectivity index (χ0v) is 13.6. The maximum Gasteiger partial charge on any atom is 0.230 e. The van der Waals surface area contributed by atoms with Crippen molar-refractivity contribution in [2.45, 2.75) is 24.4 Å². The number of hydrogen-bond donors (Lipinski definition) is 1. The Morgan fingerprint density at radius 2 is 2.26 bits per heavy atom. The summed E-state index contributed by atoms with van der Waals surface area (Å²) in [5.41, 5.74) is 0.769. The average Bonchev–Trinajstić information content (AvgIpc) is 3.16. The molecule has 0 aromatic carbocycles. The predicted octanol–water partition coefficient (Wildman–Crippen LogP) is 0.950. The third-order valence-corrected chi connectivity index (χ3v) is 4.66. The minimum Gasteiger partial charge on any atom is -0.355 e. The Morgan fingerprint density at radius 3 is 3.09 bits per heavy atom. The van der Waals surface area contributed by atoms with E-state index in [1.54, 1.807) is 0 Å². The van der Waals surface area contributed by atoms with Gasteiger partial charge in [0.1, 0.15) is 0 Å². The summed E-state index contributed by atoms with van der Waals surface area (Å²) in [6.07, 6.45) is 4.28. The number of pyridine rings is 1. The lowest BCUT2D eigenvalue weighted by Gasteiger charge is -2.15. The van der Waals surface area contributed by atoms with Gasteiger partial charge in [-0.3, -0.25) is 14.0 Å². The molecule has 8 heteroatoms. The van der Waals surface area contributed by atoms with Gasteiger partial charge in [-0.25, -0.2) is 0 Å². The van der Waals surface area contributed by atoms with Crippen molar-refractivity contribution in [2.75, 3.05) is 25.4 Å². The standard InChI is InChI=1S/C15H19N5O2S/c21-13(16-7-4-9-19-8-3-6-14(19)22)11-23-15-18-17-12-5-1-2-10-20(12)15/h1-2,5,10H,3-4,6-9,11H2,(H,16,21). The minimum absolute atomic E-state index is 0.0320. The van der Waals surface area contributed by atoms with E-state index < -0.39 is 0 Å². The van der Waals surface area contributed by atoms with E-state index >= 15 is 0 Å². The summed E-state index contributed by atoms with van der Waals surface area (Å²) < 4.78 is 1.86. The van der Waals surface area contributed by atoms with E-state index in [4.69, 9.17) is 0 Å². The minimum atomic E-state index is -0.0320. The molecular formula is C15H19N5O2S. The number of carbonyl (C=O) groups is 2. The first-order chi connectivity index (χ1) is 11.2. The molecule has 1 aliphatic rings. The normalized spacial score (nSPS) is 14.6. The number of aromatic nitrogens is 3. The summed E-state index contributed by atoms with van der Waals surface area (Å²) in [6.45, 7) is 2.16. The molecule has 1 N–H and O–H groups in total. The van der Waals surface area contributed by atoms with Gasteiger partial charge >= 0.3 is 0 Å². The Hall–Kier alpha value is -2.09. The molecule has 0 atom stereocenters. The second-order valence-electron chi connectivity index (χ2n) is 5.39. The Bertz CT molecular complexity index is 702. The molecule has 2 aromatic heterocycles. The summed E-state index contributed by atoms with van der Waals surface area (Å²) in [5, 5.41) is 11.7. The van der Waals surface area contributed by atoms with Crippen molar-refractivity contribution in [2.24, 2.45) is 0 Å². The van der Waals surface area contributed by atoms with E-state index in [2.05, 4.69) is 15.5 Å². The molecule has 7 nitrogen and oxygen atoms in total. The fourth-order valence-electron chi connectivity index (χ4n) is 2.54. The quantitative estimate of drug-likeness (QED) is 0.603. The number of nitrogens with one attached hydrogen (secondary N) is 1. The fourth-order valence-corrected chi connectivity index (χ4v) is 3.29. The smallest absolute Gasteiger partial charge is 0.230 e. The van der Waals surface area contributed by atoms with Crippen LogP contribution in [0, 0.1) is 0 Å². The monoisotopic (exact) mass is 333 g/mol. The van der Waals surface area contributed by atoms with Crippen molar-refractivity contribution in [1.82, 2.24) is 24.8 Å². The lowest BCUT2D eigenvalue weighted by molar-refractivity contribution is -0.127. The van der Waals surface area contributed by atoms with E-state index in [0.29, 0.717) is 23.9 Å². The van der Waals surface area contributed by atoms with Crippen LogP contribution in [0.4, 0.5) is 0 Å². The maximum absolute atomic E-state index is 11.9. The van der Waals surface area contributed by atoms with Gasteiger partial charge in [0.05, 0.1) is 5.75 Å². The molecule has 0 aliphatic carbocycles. The van der Waals surface area contributed by atoms with Gasteiger partial charge in [-0.05, 0) is 25.0 Å². The second kappa shape index (κ2) is 7.45. The number of nitrogens with zero attached hydrogens (tertiary/aromatic N) is 4. The molecule has 0 unspecified atom stereocenters. The number of hydrogen-bond acceptors (Lipinski definition) is 5. The van der Waals surface area contributed by atoms with Crippen LogP contribution in [0.2, 0.25) is 0 Å². The number of likely N-dealkylation sites (tertiary alicyclic amines) is 1. The zero-order chi connectivity index (χ0) is 16.1. The van der Waals surface area contributed by atoms with Crippen molar-refractivity contribution in [3.63, 3.8) is 0 Å². The van der Waals surface area contributed by atoms with Crippen LogP contribution in [0.1, 0.15) is 19.3 Å². The molecule has 23 heavy (non-hydrogen) atoms. The van der Waals surface area contributed by atoms with Crippen LogP contribution in [0.3, 0.4) is 0 Å². The first kappa shape index (κ1) is 15.8. The van der Waals surface area contributed by atoms with Crippen molar-refractivity contribution in [3.05, 3.63) is 24.4 Å². The van der Waals surface area contributed by atoms with Crippen LogP contribution >= 0.6 is 11.8 Å². The molecule has 1 aliphatic heterocycles. The topological polar surface area (TPSA) is 79.6 Å². The zero-order valence-electron chi connectivity index (χ0n) is 12.8. The van der Waals surface area contributed by atoms with Crippen LogP contribution in [-0.2, 0) is 9.59 Å². The number of carbonyl (C=O) groups excluding carboxylic acids is 2. The lowest BCUT2D eigenvalue weighted by atomic mass is 10.4. The molecule has 0 bridgehead atoms. The highest BCUT2D eigenvalue weighted by Crippen LogP contribution is 2.16. The summed E-state index contributed by atoms with van der Waals surface area (Å²) in [5.74, 6) is 0.499. The second-order valence-corrected chi connectivity index (χ2v) is 6.33. The highest BCUT2D eigenvalue weighted by molar-refractivity contribution is 7.99. The Morgan fingerprint density at radius 1 is 1.35 bits per heavy atom. The maximum atomic E-state index is 11.9. The van der Waals surface area contributed by atoms with E-state index in [0.717, 1.165) is 31.6 Å². The van der Waals surface area contributed by atoms with Crippen LogP contribution in [-0.4, -0.2) is 56.7 Å². The van der Waals surface area contributed by atoms with E-state index in [1.807, 2.05) is 33.7 Å². The number of rotatable bonds is 7. The molecular weight excluding hydrogens is 314 g/mol. The molecule has 3 rings (SSSR count). The highest BCUT2D eigenvalue weighted by Gasteiger charge is 2.19. The van der Waals surface area contributed by atoms with Crippen molar-refractivity contribution < 1.29 is 9.59 Å². The number of amides is 2. The van der Waals surface area contributed by atoms with Gasteiger partial charge < -0.3 is 10.2 Å². The number of fused-ring (bicyclic) bond motifs is 1. The molecule has 0 radical (unpaired) electrons. The van der Waals surface area contributed by atoms with Crippen LogP contribution in [0.15, 0.2) is 29.6 Å². The lowest BCUT2D eigenvalue weighted by Crippen LogP contribution is -2.31. The van der Waals surface area contributed by atoms with Crippen LogP contribution in [0.5, 0.6) is 0 Å². The van der Waals surface area contributed by atoms with Crippen molar-refractivity contribution in [1.29, 1.82) is 0 Å². The highest BCUT2D eigenvalue weighted by atomic mass is 32.2. The van der Waals surface area contributed by atoms with Crippen molar-refractivity contribution in [3.8, 4) is 0 Å². The number of thioether (sulfide) groups is 1. The first-order valence-electron chi connectivity index (χ1n) is 7.71. The molecule has 2 aromatic rings. The third-order valence-electron chi connectivity index (χ3n) is 3.71. The molecule has 3 heterocycles. The Labute approximate surface area is 138 Å². The summed E-state index contributed by atoms with van der Waals surface area (Å²) in [6, 6.07) is 5.67. The SMILES string of the molecule is O=C(CSc1nnc2ccccn12)NCCCN1CCCC1=O. The molecule has 1 saturated heterocycles. The van der Waals surface area contributed by atoms with Gasteiger partial charge in [0.15, 0.2) is 10.8 Å². The van der Waals surface area contributed by atoms with Gasteiger partial charge in [0, 0.05) is 32.3 Å². The van der Waals surface area contributed by atoms with Gasteiger partial charge in [-0.1, -0.05) is 17.8 Å². The summed E-state index contributed by atoms with van der Waals surface area (Å²) >= 11 is 1.36. The van der Waals surface area contributed by atoms with Crippen LogP contribution in [0.25, 0.3) is 5.65 Å². The van der Waals surface area contributed by atoms with Gasteiger partial charge in [-0.2, -0.15) is 0 Å². The average molecular weight is 333 g/mol. The first-order valence-corrected chi connectivity index (χ1v) is 8.69. The largest absolute Gasteiger partial charge is 0.355 e.